The van der Waals surface area contributed by atoms with E-state index in [9.17, 15) is 9.59 Å². The van der Waals surface area contributed by atoms with Crippen molar-refractivity contribution < 1.29 is 19.4 Å². The molecule has 96 valence electrons. The highest BCUT2D eigenvalue weighted by molar-refractivity contribution is 5.85. The second-order valence-corrected chi connectivity index (χ2v) is 4.67. The van der Waals surface area contributed by atoms with Crippen LogP contribution in [0.1, 0.15) is 6.92 Å². The van der Waals surface area contributed by atoms with Crippen LogP contribution in [0.25, 0.3) is 0 Å². The predicted octanol–water partition coefficient (Wildman–Crippen LogP) is -0.846. The number of nitrogens with one attached hydrogen (secondary N) is 1. The monoisotopic (exact) mass is 242 g/mol. The van der Waals surface area contributed by atoms with Crippen molar-refractivity contribution >= 4 is 11.9 Å². The van der Waals surface area contributed by atoms with E-state index in [0.29, 0.717) is 19.1 Å². The molecule has 17 heavy (non-hydrogen) atoms. The summed E-state index contributed by atoms with van der Waals surface area (Å²) < 4.78 is 5.12. The topological polar surface area (TPSA) is 78.9 Å². The summed E-state index contributed by atoms with van der Waals surface area (Å²) in [6.07, 6.45) is 0. The quantitative estimate of drug-likeness (QED) is 0.674. The summed E-state index contributed by atoms with van der Waals surface area (Å²) in [5.41, 5.74) is 0. The molecule has 6 nitrogen and oxygen atoms in total. The maximum atomic E-state index is 12.2. The molecule has 1 amide bonds. The molecule has 2 fully saturated rings. The van der Waals surface area contributed by atoms with Gasteiger partial charge in [-0.1, -0.05) is 6.92 Å². The zero-order chi connectivity index (χ0) is 12.4. The Morgan fingerprint density at radius 2 is 2.18 bits per heavy atom. The second-order valence-electron chi connectivity index (χ2n) is 4.67. The molecule has 2 rings (SSSR count). The largest absolute Gasteiger partial charge is 0.480 e. The molecule has 0 aromatic carbocycles. The van der Waals surface area contributed by atoms with E-state index in [-0.39, 0.29) is 18.4 Å². The Bertz CT molecular complexity index is 317. The number of amides is 1. The molecular weight excluding hydrogens is 224 g/mol. The van der Waals surface area contributed by atoms with Gasteiger partial charge in [-0.3, -0.25) is 4.79 Å². The molecule has 2 aliphatic rings. The molecule has 2 heterocycles. The van der Waals surface area contributed by atoms with Crippen LogP contribution in [0.4, 0.5) is 0 Å². The van der Waals surface area contributed by atoms with Crippen molar-refractivity contribution in [2.24, 2.45) is 11.8 Å². The lowest BCUT2D eigenvalue weighted by Crippen LogP contribution is -2.57. The molecule has 6 heteroatoms. The zero-order valence-corrected chi connectivity index (χ0v) is 9.89. The summed E-state index contributed by atoms with van der Waals surface area (Å²) in [5, 5.41) is 12.2. The van der Waals surface area contributed by atoms with Crippen molar-refractivity contribution in [2.45, 2.75) is 13.0 Å². The number of carbonyl (C=O) groups is 2. The van der Waals surface area contributed by atoms with E-state index in [1.54, 1.807) is 0 Å². The molecular formula is C11H18N2O4. The van der Waals surface area contributed by atoms with Gasteiger partial charge in [0.15, 0.2) is 6.04 Å². The summed E-state index contributed by atoms with van der Waals surface area (Å²) in [5.74, 6) is -0.833. The third-order valence-corrected chi connectivity index (χ3v) is 3.61. The molecule has 2 unspecified atom stereocenters. The Morgan fingerprint density at radius 1 is 1.47 bits per heavy atom. The summed E-state index contributed by atoms with van der Waals surface area (Å²) in [7, 11) is 0. The molecule has 2 N–H and O–H groups in total. The van der Waals surface area contributed by atoms with E-state index < -0.39 is 12.0 Å². The van der Waals surface area contributed by atoms with Gasteiger partial charge in [-0.2, -0.15) is 0 Å². The van der Waals surface area contributed by atoms with Gasteiger partial charge in [-0.25, -0.2) is 4.79 Å². The Kier molecular flexibility index (Phi) is 3.63. The third kappa shape index (κ3) is 2.42. The lowest BCUT2D eigenvalue weighted by molar-refractivity contribution is -0.161. The molecule has 0 saturated carbocycles. The van der Waals surface area contributed by atoms with Crippen LogP contribution in [0.3, 0.4) is 0 Å². The van der Waals surface area contributed by atoms with E-state index in [2.05, 4.69) is 5.32 Å². The van der Waals surface area contributed by atoms with Gasteiger partial charge >= 0.3 is 5.97 Å². The fourth-order valence-corrected chi connectivity index (χ4v) is 2.20. The van der Waals surface area contributed by atoms with Crippen molar-refractivity contribution in [2.75, 3.05) is 32.8 Å². The van der Waals surface area contributed by atoms with Crippen LogP contribution in [0.2, 0.25) is 0 Å². The van der Waals surface area contributed by atoms with Crippen molar-refractivity contribution in [3.8, 4) is 0 Å². The number of aliphatic carboxylic acids is 1. The number of carboxylic acids is 1. The van der Waals surface area contributed by atoms with E-state index in [4.69, 9.17) is 9.84 Å². The minimum absolute atomic E-state index is 0.0628. The number of morpholine rings is 1. The van der Waals surface area contributed by atoms with Crippen LogP contribution in [-0.4, -0.2) is 60.8 Å². The molecule has 0 aromatic heterocycles. The first-order chi connectivity index (χ1) is 8.11. The number of ether oxygens (including phenoxy) is 1. The minimum atomic E-state index is -0.989. The van der Waals surface area contributed by atoms with Gasteiger partial charge < -0.3 is 20.1 Å². The first kappa shape index (κ1) is 12.3. The molecule has 2 saturated heterocycles. The van der Waals surface area contributed by atoms with Crippen molar-refractivity contribution in [3.05, 3.63) is 0 Å². The molecule has 0 aliphatic carbocycles. The number of hydrogen-bond donors (Lipinski definition) is 2. The van der Waals surface area contributed by atoms with Crippen LogP contribution < -0.4 is 5.32 Å². The smallest absolute Gasteiger partial charge is 0.328 e. The Hall–Kier alpha value is -1.14. The van der Waals surface area contributed by atoms with Gasteiger partial charge in [0.25, 0.3) is 0 Å². The molecule has 0 bridgehead atoms. The van der Waals surface area contributed by atoms with E-state index in [1.165, 1.54) is 4.90 Å². The van der Waals surface area contributed by atoms with Crippen LogP contribution in [0, 0.1) is 11.8 Å². The lowest BCUT2D eigenvalue weighted by atomic mass is 9.87. The summed E-state index contributed by atoms with van der Waals surface area (Å²) in [4.78, 5) is 24.7. The number of hydrogen-bond acceptors (Lipinski definition) is 4. The van der Waals surface area contributed by atoms with Gasteiger partial charge in [-0.15, -0.1) is 0 Å². The van der Waals surface area contributed by atoms with Crippen LogP contribution >= 0.6 is 0 Å². The lowest BCUT2D eigenvalue weighted by Gasteiger charge is -2.38. The second kappa shape index (κ2) is 5.01. The van der Waals surface area contributed by atoms with Crippen LogP contribution in [0.5, 0.6) is 0 Å². The number of nitrogens with zero attached hydrogens (tertiary/aromatic N) is 1. The number of rotatable bonds is 3. The van der Waals surface area contributed by atoms with Crippen LogP contribution in [-0.2, 0) is 14.3 Å². The van der Waals surface area contributed by atoms with Gasteiger partial charge in [0.1, 0.15) is 0 Å². The predicted molar refractivity (Wildman–Crippen MR) is 59.5 cm³/mol. The first-order valence-electron chi connectivity index (χ1n) is 5.93. The molecule has 2 atom stereocenters. The van der Waals surface area contributed by atoms with E-state index >= 15 is 0 Å². The van der Waals surface area contributed by atoms with Gasteiger partial charge in [0, 0.05) is 12.5 Å². The number of carboxylic acid groups (broad SMARTS) is 1. The minimum Gasteiger partial charge on any atom is -0.480 e. The van der Waals surface area contributed by atoms with Gasteiger partial charge in [0.05, 0.1) is 13.2 Å². The molecule has 0 spiro atoms. The van der Waals surface area contributed by atoms with Gasteiger partial charge in [0.2, 0.25) is 5.91 Å². The summed E-state index contributed by atoms with van der Waals surface area (Å²) in [6, 6.07) is -0.827. The maximum Gasteiger partial charge on any atom is 0.328 e. The van der Waals surface area contributed by atoms with Crippen molar-refractivity contribution in [1.29, 1.82) is 0 Å². The molecule has 0 aromatic rings. The average molecular weight is 242 g/mol. The average Bonchev–Trinajstić information content (AvgIpc) is 2.25. The zero-order valence-electron chi connectivity index (χ0n) is 9.89. The molecule has 2 aliphatic heterocycles. The highest BCUT2D eigenvalue weighted by Gasteiger charge is 2.38. The maximum absolute atomic E-state index is 12.2. The fraction of sp³-hybridized carbons (Fsp3) is 0.818. The normalized spacial score (nSPS) is 27.4. The number of carbonyl (C=O) groups excluding carboxylic acids is 1. The van der Waals surface area contributed by atoms with Crippen molar-refractivity contribution in [3.63, 3.8) is 0 Å². The van der Waals surface area contributed by atoms with E-state index in [1.807, 2.05) is 6.92 Å². The SMILES string of the molecule is CC(C(=O)N1CCOCC1C(=O)O)C1CNC1. The Labute approximate surface area is 99.9 Å². The first-order valence-corrected chi connectivity index (χ1v) is 5.93. The van der Waals surface area contributed by atoms with E-state index in [0.717, 1.165) is 13.1 Å². The molecule has 0 radical (unpaired) electrons. The third-order valence-electron chi connectivity index (χ3n) is 3.61. The standard InChI is InChI=1S/C11H18N2O4/c1-7(8-4-12-5-8)10(14)13-2-3-17-6-9(13)11(15)16/h7-9,12H,2-6H2,1H3,(H,15,16). The Morgan fingerprint density at radius 3 is 2.71 bits per heavy atom. The fourth-order valence-electron chi connectivity index (χ4n) is 2.20. The van der Waals surface area contributed by atoms with Crippen LogP contribution in [0.15, 0.2) is 0 Å². The summed E-state index contributed by atoms with van der Waals surface area (Å²) >= 11 is 0. The van der Waals surface area contributed by atoms with Crippen molar-refractivity contribution in [1.82, 2.24) is 10.2 Å². The van der Waals surface area contributed by atoms with Gasteiger partial charge in [-0.05, 0) is 19.0 Å². The highest BCUT2D eigenvalue weighted by Crippen LogP contribution is 2.21. The highest BCUT2D eigenvalue weighted by atomic mass is 16.5. The Balaban J connectivity index is 2.02. The summed E-state index contributed by atoms with van der Waals surface area (Å²) in [6.45, 7) is 4.45.